The average Bonchev–Trinajstić information content (AvgIpc) is 3.30. The Labute approximate surface area is 227 Å². The second kappa shape index (κ2) is 12.4. The van der Waals surface area contributed by atoms with Gasteiger partial charge in [-0.3, -0.25) is 9.62 Å². The molecule has 3 N–H and O–H groups in total. The van der Waals surface area contributed by atoms with Crippen LogP contribution < -0.4 is 10.0 Å². The number of carboxylic acids is 1. The summed E-state index contributed by atoms with van der Waals surface area (Å²) in [6.45, 7) is 2.33. The van der Waals surface area contributed by atoms with E-state index in [1.165, 1.54) is 17.0 Å². The standard InChI is InChI=1S/C20H18ClF3N4O2S2.C2HF3O2/c21-18-16(25-8-13-12(3-1-4-14(13)22)9-28-5-2-6-28)7-15(23)20(19(18)24)32(29,30)27-17-10-31-11-26-17;3-2(4,5)1(6)7/h1,3-4,7,10-11,25,27H,2,5-6,8-9H2;(H,6,7). The molecule has 0 aliphatic carbocycles. The van der Waals surface area contributed by atoms with E-state index in [1.807, 2.05) is 4.72 Å². The van der Waals surface area contributed by atoms with Crippen LogP contribution in [0.15, 0.2) is 40.1 Å². The second-order valence-corrected chi connectivity index (χ2v) is 10.7. The van der Waals surface area contributed by atoms with Gasteiger partial charge in [0.1, 0.15) is 16.7 Å². The van der Waals surface area contributed by atoms with Crippen molar-refractivity contribution in [1.82, 2.24) is 9.88 Å². The summed E-state index contributed by atoms with van der Waals surface area (Å²) in [7, 11) is -4.61. The van der Waals surface area contributed by atoms with Gasteiger partial charge in [0.25, 0.3) is 10.0 Å². The molecule has 4 rings (SSSR count). The maximum Gasteiger partial charge on any atom is 0.490 e. The number of hydrogen-bond acceptors (Lipinski definition) is 7. The lowest BCUT2D eigenvalue weighted by Crippen LogP contribution is -2.36. The minimum absolute atomic E-state index is 0.0681. The van der Waals surface area contributed by atoms with Crippen molar-refractivity contribution in [3.63, 3.8) is 0 Å². The van der Waals surface area contributed by atoms with E-state index in [-0.39, 0.29) is 18.1 Å². The van der Waals surface area contributed by atoms with E-state index in [4.69, 9.17) is 21.5 Å². The first-order chi connectivity index (χ1) is 18.2. The number of alkyl halides is 3. The molecule has 1 saturated heterocycles. The molecule has 3 aromatic rings. The molecule has 0 unspecified atom stereocenters. The van der Waals surface area contributed by atoms with E-state index in [9.17, 15) is 34.8 Å². The normalized spacial score (nSPS) is 13.7. The van der Waals surface area contributed by atoms with Gasteiger partial charge in [0, 0.05) is 30.1 Å². The summed E-state index contributed by atoms with van der Waals surface area (Å²) < 4.78 is 103. The van der Waals surface area contributed by atoms with Gasteiger partial charge in [-0.15, -0.1) is 11.3 Å². The first-order valence-corrected chi connectivity index (χ1v) is 13.6. The number of rotatable bonds is 8. The highest BCUT2D eigenvalue weighted by Gasteiger charge is 2.38. The highest BCUT2D eigenvalue weighted by molar-refractivity contribution is 7.92. The maximum absolute atomic E-state index is 14.8. The predicted molar refractivity (Wildman–Crippen MR) is 132 cm³/mol. The van der Waals surface area contributed by atoms with Crippen molar-refractivity contribution in [2.75, 3.05) is 23.1 Å². The monoisotopic (exact) mass is 616 g/mol. The SMILES string of the molecule is O=C(O)C(F)(F)F.O=S(=O)(Nc1cscn1)c1c(F)cc(NCc2c(F)cccc2CN2CCC2)c(Cl)c1F. The van der Waals surface area contributed by atoms with Crippen LogP contribution in [0.2, 0.25) is 5.02 Å². The average molecular weight is 617 g/mol. The quantitative estimate of drug-likeness (QED) is 0.227. The fraction of sp³-hybridized carbons (Fsp3) is 0.273. The van der Waals surface area contributed by atoms with Crippen LogP contribution in [0.25, 0.3) is 0 Å². The summed E-state index contributed by atoms with van der Waals surface area (Å²) in [6.07, 6.45) is -4.00. The lowest BCUT2D eigenvalue weighted by atomic mass is 10.0. The van der Waals surface area contributed by atoms with Crippen molar-refractivity contribution >= 4 is 50.4 Å². The third kappa shape index (κ3) is 7.74. The first-order valence-electron chi connectivity index (χ1n) is 10.8. The number of halogens is 7. The van der Waals surface area contributed by atoms with E-state index in [2.05, 4.69) is 15.2 Å². The van der Waals surface area contributed by atoms with Crippen LogP contribution in [-0.2, 0) is 27.9 Å². The predicted octanol–water partition coefficient (Wildman–Crippen LogP) is 5.47. The number of aromatic nitrogens is 1. The minimum Gasteiger partial charge on any atom is -0.475 e. The van der Waals surface area contributed by atoms with Crippen LogP contribution in [0.4, 0.5) is 37.8 Å². The number of nitrogens with zero attached hydrogens (tertiary/aromatic N) is 2. The summed E-state index contributed by atoms with van der Waals surface area (Å²) >= 11 is 7.12. The minimum atomic E-state index is -5.08. The molecule has 0 spiro atoms. The van der Waals surface area contributed by atoms with Crippen LogP contribution in [0, 0.1) is 17.5 Å². The molecule has 0 bridgehead atoms. The van der Waals surface area contributed by atoms with Crippen LogP contribution in [-0.4, -0.2) is 48.6 Å². The van der Waals surface area contributed by atoms with E-state index in [0.29, 0.717) is 12.1 Å². The Balaban J connectivity index is 0.000000532. The number of thiazole rings is 1. The van der Waals surface area contributed by atoms with Gasteiger partial charge in [0.05, 0.1) is 11.2 Å². The maximum atomic E-state index is 14.8. The van der Waals surface area contributed by atoms with Crippen molar-refractivity contribution in [3.8, 4) is 0 Å². The molecule has 39 heavy (non-hydrogen) atoms. The molecule has 1 fully saturated rings. The van der Waals surface area contributed by atoms with Crippen LogP contribution >= 0.6 is 22.9 Å². The van der Waals surface area contributed by atoms with Gasteiger partial charge < -0.3 is 10.4 Å². The van der Waals surface area contributed by atoms with Crippen molar-refractivity contribution in [3.05, 3.63) is 68.8 Å². The molecule has 0 radical (unpaired) electrons. The number of nitrogens with one attached hydrogen (secondary N) is 2. The molecule has 0 amide bonds. The molecule has 1 aromatic heterocycles. The Morgan fingerprint density at radius 1 is 1.18 bits per heavy atom. The number of carbonyl (C=O) groups is 1. The zero-order valence-electron chi connectivity index (χ0n) is 19.5. The fourth-order valence-electron chi connectivity index (χ4n) is 3.32. The van der Waals surface area contributed by atoms with E-state index in [1.54, 1.807) is 12.1 Å². The summed E-state index contributed by atoms with van der Waals surface area (Å²) in [5.41, 5.74) is 2.27. The third-order valence-corrected chi connectivity index (χ3v) is 7.66. The summed E-state index contributed by atoms with van der Waals surface area (Å²) in [6, 6.07) is 5.48. The van der Waals surface area contributed by atoms with Gasteiger partial charge in [-0.2, -0.15) is 13.2 Å². The fourth-order valence-corrected chi connectivity index (χ4v) is 5.29. The summed E-state index contributed by atoms with van der Waals surface area (Å²) in [4.78, 5) is 13.6. The Morgan fingerprint density at radius 3 is 2.38 bits per heavy atom. The number of carboxylic acid groups (broad SMARTS) is 1. The number of likely N-dealkylation sites (tertiary alicyclic amines) is 1. The number of aliphatic carboxylic acids is 1. The largest absolute Gasteiger partial charge is 0.490 e. The highest BCUT2D eigenvalue weighted by atomic mass is 35.5. The zero-order valence-corrected chi connectivity index (χ0v) is 21.9. The van der Waals surface area contributed by atoms with Crippen molar-refractivity contribution in [2.45, 2.75) is 30.6 Å². The molecule has 0 atom stereocenters. The molecule has 212 valence electrons. The number of benzene rings is 2. The van der Waals surface area contributed by atoms with Gasteiger partial charge >= 0.3 is 12.1 Å². The van der Waals surface area contributed by atoms with Crippen molar-refractivity contribution in [2.24, 2.45) is 0 Å². The highest BCUT2D eigenvalue weighted by Crippen LogP contribution is 2.34. The Kier molecular flexibility index (Phi) is 9.69. The van der Waals surface area contributed by atoms with Gasteiger partial charge in [0.15, 0.2) is 16.5 Å². The first kappa shape index (κ1) is 30.5. The molecule has 8 nitrogen and oxygen atoms in total. The van der Waals surface area contributed by atoms with Crippen LogP contribution in [0.5, 0.6) is 0 Å². The zero-order chi connectivity index (χ0) is 29.0. The summed E-state index contributed by atoms with van der Waals surface area (Å²) in [5.74, 6) is -6.08. The van der Waals surface area contributed by atoms with Gasteiger partial charge in [0.2, 0.25) is 0 Å². The smallest absolute Gasteiger partial charge is 0.475 e. The number of anilines is 2. The molecular formula is C22H19ClF6N4O4S2. The van der Waals surface area contributed by atoms with Crippen LogP contribution in [0.3, 0.4) is 0 Å². The number of sulfonamides is 1. The lowest BCUT2D eigenvalue weighted by molar-refractivity contribution is -0.192. The number of hydrogen-bond donors (Lipinski definition) is 3. The molecule has 1 aliphatic rings. The molecule has 17 heteroatoms. The van der Waals surface area contributed by atoms with E-state index in [0.717, 1.165) is 42.5 Å². The van der Waals surface area contributed by atoms with Gasteiger partial charge in [-0.05, 0) is 31.1 Å². The topological polar surface area (TPSA) is 112 Å². The summed E-state index contributed by atoms with van der Waals surface area (Å²) in [5, 5.41) is 10.6. The molecule has 2 aromatic carbocycles. The Bertz CT molecular complexity index is 1440. The Morgan fingerprint density at radius 2 is 1.85 bits per heavy atom. The van der Waals surface area contributed by atoms with Gasteiger partial charge in [-0.25, -0.2) is 31.4 Å². The van der Waals surface area contributed by atoms with Crippen molar-refractivity contribution < 1.29 is 44.7 Å². The molecule has 2 heterocycles. The van der Waals surface area contributed by atoms with Crippen molar-refractivity contribution in [1.29, 1.82) is 0 Å². The van der Waals surface area contributed by atoms with Gasteiger partial charge in [-0.1, -0.05) is 23.7 Å². The molecule has 1 aliphatic heterocycles. The second-order valence-electron chi connectivity index (χ2n) is 8.01. The van der Waals surface area contributed by atoms with Crippen LogP contribution in [0.1, 0.15) is 17.5 Å². The molecule has 0 saturated carbocycles. The lowest BCUT2D eigenvalue weighted by Gasteiger charge is -2.31. The van der Waals surface area contributed by atoms with E-state index >= 15 is 0 Å². The van der Waals surface area contributed by atoms with E-state index < -0.39 is 49.5 Å². The third-order valence-electron chi connectivity index (χ3n) is 5.31. The Hall–Kier alpha value is -3.08. The molecular weight excluding hydrogens is 598 g/mol.